The molecule has 0 aromatic heterocycles. The van der Waals surface area contributed by atoms with Crippen LogP contribution in [0.3, 0.4) is 0 Å². The first kappa shape index (κ1) is 13.0. The number of rotatable bonds is 6. The fraction of sp³-hybridized carbons (Fsp3) is 0.333. The number of nitro groups is 1. The van der Waals surface area contributed by atoms with Gasteiger partial charge in [-0.2, -0.15) is 0 Å². The van der Waals surface area contributed by atoms with Gasteiger partial charge >= 0.3 is 5.69 Å². The predicted octanol–water partition coefficient (Wildman–Crippen LogP) is 1.85. The van der Waals surface area contributed by atoms with Crippen molar-refractivity contribution >= 4 is 5.69 Å². The highest BCUT2D eigenvalue weighted by atomic mass is 16.6. The molecule has 0 heterocycles. The molecule has 0 bridgehead atoms. The van der Waals surface area contributed by atoms with E-state index in [2.05, 4.69) is 5.92 Å². The molecular formula is C12H14N2O3. The first-order valence-electron chi connectivity index (χ1n) is 5.22. The zero-order valence-electron chi connectivity index (χ0n) is 9.39. The number of nitrogens with two attached hydrogens (primary N) is 1. The second kappa shape index (κ2) is 6.51. The summed E-state index contributed by atoms with van der Waals surface area (Å²) in [6.07, 6.45) is 6.36. The SMILES string of the molecule is C#CCCCOc1cc(CN)ccc1[N+](=O)[O-]. The van der Waals surface area contributed by atoms with Crippen molar-refractivity contribution in [3.63, 3.8) is 0 Å². The van der Waals surface area contributed by atoms with E-state index in [1.54, 1.807) is 12.1 Å². The lowest BCUT2D eigenvalue weighted by atomic mass is 10.2. The van der Waals surface area contributed by atoms with Crippen molar-refractivity contribution < 1.29 is 9.66 Å². The van der Waals surface area contributed by atoms with Crippen molar-refractivity contribution in [2.45, 2.75) is 19.4 Å². The number of unbranched alkanes of at least 4 members (excludes halogenated alkanes) is 1. The molecule has 1 aromatic carbocycles. The maximum atomic E-state index is 10.8. The summed E-state index contributed by atoms with van der Waals surface area (Å²) in [7, 11) is 0. The summed E-state index contributed by atoms with van der Waals surface area (Å²) < 4.78 is 5.35. The van der Waals surface area contributed by atoms with Crippen LogP contribution in [-0.2, 0) is 6.54 Å². The Hall–Kier alpha value is -2.06. The second-order valence-electron chi connectivity index (χ2n) is 3.42. The maximum absolute atomic E-state index is 10.8. The molecule has 17 heavy (non-hydrogen) atoms. The Bertz CT molecular complexity index is 438. The van der Waals surface area contributed by atoms with E-state index in [9.17, 15) is 10.1 Å². The van der Waals surface area contributed by atoms with Gasteiger partial charge < -0.3 is 10.5 Å². The van der Waals surface area contributed by atoms with E-state index in [-0.39, 0.29) is 11.4 Å². The van der Waals surface area contributed by atoms with Crippen molar-refractivity contribution in [3.8, 4) is 18.1 Å². The van der Waals surface area contributed by atoms with Gasteiger partial charge in [0.2, 0.25) is 0 Å². The fourth-order valence-electron chi connectivity index (χ4n) is 1.31. The summed E-state index contributed by atoms with van der Waals surface area (Å²) in [6, 6.07) is 4.61. The van der Waals surface area contributed by atoms with Crippen LogP contribution in [0.1, 0.15) is 18.4 Å². The molecule has 5 heteroatoms. The molecule has 0 aliphatic carbocycles. The number of nitro benzene ring substituents is 1. The zero-order valence-corrected chi connectivity index (χ0v) is 9.39. The highest BCUT2D eigenvalue weighted by Gasteiger charge is 2.14. The lowest BCUT2D eigenvalue weighted by Crippen LogP contribution is -2.03. The first-order valence-corrected chi connectivity index (χ1v) is 5.22. The number of ether oxygens (including phenoxy) is 1. The van der Waals surface area contributed by atoms with Crippen LogP contribution in [0.5, 0.6) is 5.75 Å². The van der Waals surface area contributed by atoms with E-state index in [1.807, 2.05) is 0 Å². The molecule has 0 radical (unpaired) electrons. The van der Waals surface area contributed by atoms with E-state index in [0.29, 0.717) is 26.0 Å². The van der Waals surface area contributed by atoms with Gasteiger partial charge in [-0.05, 0) is 18.1 Å². The minimum atomic E-state index is -0.475. The quantitative estimate of drug-likeness (QED) is 0.352. The molecule has 0 aliphatic rings. The summed E-state index contributed by atoms with van der Waals surface area (Å²) in [6.45, 7) is 0.678. The molecule has 0 atom stereocenters. The Morgan fingerprint density at radius 3 is 2.88 bits per heavy atom. The van der Waals surface area contributed by atoms with Gasteiger partial charge in [-0.1, -0.05) is 6.07 Å². The summed E-state index contributed by atoms with van der Waals surface area (Å²) in [5, 5.41) is 10.8. The Morgan fingerprint density at radius 2 is 2.29 bits per heavy atom. The number of hydrogen-bond donors (Lipinski definition) is 1. The van der Waals surface area contributed by atoms with Gasteiger partial charge in [0, 0.05) is 19.0 Å². The summed E-state index contributed by atoms with van der Waals surface area (Å²) in [4.78, 5) is 10.3. The highest BCUT2D eigenvalue weighted by Crippen LogP contribution is 2.28. The molecule has 1 rings (SSSR count). The summed E-state index contributed by atoms with van der Waals surface area (Å²) in [5.41, 5.74) is 6.21. The standard InChI is InChI=1S/C12H14N2O3/c1-2-3-4-7-17-12-8-10(9-13)5-6-11(12)14(15)16/h1,5-6,8H,3-4,7,9,13H2. The second-order valence-corrected chi connectivity index (χ2v) is 3.42. The third kappa shape index (κ3) is 3.78. The Morgan fingerprint density at radius 1 is 1.53 bits per heavy atom. The number of benzene rings is 1. The average Bonchev–Trinajstić information content (AvgIpc) is 2.34. The third-order valence-electron chi connectivity index (χ3n) is 2.18. The minimum absolute atomic E-state index is 0.0529. The molecule has 90 valence electrons. The topological polar surface area (TPSA) is 78.4 Å². The van der Waals surface area contributed by atoms with Crippen molar-refractivity contribution in [2.24, 2.45) is 5.73 Å². The molecule has 2 N–H and O–H groups in total. The fourth-order valence-corrected chi connectivity index (χ4v) is 1.31. The van der Waals surface area contributed by atoms with Gasteiger partial charge in [0.1, 0.15) is 0 Å². The van der Waals surface area contributed by atoms with E-state index in [4.69, 9.17) is 16.9 Å². The van der Waals surface area contributed by atoms with Gasteiger partial charge in [-0.3, -0.25) is 10.1 Å². The van der Waals surface area contributed by atoms with Gasteiger partial charge in [0.05, 0.1) is 11.5 Å². The smallest absolute Gasteiger partial charge is 0.310 e. The normalized spacial score (nSPS) is 9.65. The molecule has 0 fully saturated rings. The Kier molecular flexibility index (Phi) is 4.98. The van der Waals surface area contributed by atoms with Crippen LogP contribution in [0, 0.1) is 22.5 Å². The average molecular weight is 234 g/mol. The Balaban J connectivity index is 2.79. The van der Waals surface area contributed by atoms with Gasteiger partial charge in [0.25, 0.3) is 0 Å². The van der Waals surface area contributed by atoms with E-state index in [1.165, 1.54) is 6.07 Å². The Labute approximate surface area is 99.7 Å². The molecule has 5 nitrogen and oxygen atoms in total. The van der Waals surface area contributed by atoms with Crippen molar-refractivity contribution in [2.75, 3.05) is 6.61 Å². The van der Waals surface area contributed by atoms with Crippen molar-refractivity contribution in [3.05, 3.63) is 33.9 Å². The molecule has 0 amide bonds. The molecule has 1 aromatic rings. The van der Waals surface area contributed by atoms with Gasteiger partial charge in [-0.15, -0.1) is 12.3 Å². The molecule has 0 saturated heterocycles. The molecule has 0 spiro atoms. The lowest BCUT2D eigenvalue weighted by Gasteiger charge is -2.07. The van der Waals surface area contributed by atoms with E-state index < -0.39 is 4.92 Å². The predicted molar refractivity (Wildman–Crippen MR) is 64.5 cm³/mol. The van der Waals surface area contributed by atoms with Crippen LogP contribution in [0.25, 0.3) is 0 Å². The van der Waals surface area contributed by atoms with Crippen LogP contribution >= 0.6 is 0 Å². The van der Waals surface area contributed by atoms with E-state index >= 15 is 0 Å². The van der Waals surface area contributed by atoms with Crippen LogP contribution in [0.15, 0.2) is 18.2 Å². The lowest BCUT2D eigenvalue weighted by molar-refractivity contribution is -0.385. The zero-order chi connectivity index (χ0) is 12.7. The summed E-state index contributed by atoms with van der Waals surface area (Å²) >= 11 is 0. The van der Waals surface area contributed by atoms with Crippen LogP contribution in [0.2, 0.25) is 0 Å². The van der Waals surface area contributed by atoms with Crippen LogP contribution in [0.4, 0.5) is 5.69 Å². The minimum Gasteiger partial charge on any atom is -0.487 e. The van der Waals surface area contributed by atoms with E-state index in [0.717, 1.165) is 5.56 Å². The number of hydrogen-bond acceptors (Lipinski definition) is 4. The molecule has 0 saturated carbocycles. The monoisotopic (exact) mass is 234 g/mol. The van der Waals surface area contributed by atoms with Gasteiger partial charge in [-0.25, -0.2) is 0 Å². The number of nitrogens with zero attached hydrogens (tertiary/aromatic N) is 1. The molecule has 0 unspecified atom stereocenters. The molecular weight excluding hydrogens is 220 g/mol. The van der Waals surface area contributed by atoms with Crippen molar-refractivity contribution in [1.82, 2.24) is 0 Å². The van der Waals surface area contributed by atoms with Crippen LogP contribution in [-0.4, -0.2) is 11.5 Å². The highest BCUT2D eigenvalue weighted by molar-refractivity contribution is 5.48. The maximum Gasteiger partial charge on any atom is 0.310 e. The first-order chi connectivity index (χ1) is 8.19. The third-order valence-corrected chi connectivity index (χ3v) is 2.18. The summed E-state index contributed by atoms with van der Waals surface area (Å²) in [5.74, 6) is 2.73. The van der Waals surface area contributed by atoms with Crippen LogP contribution < -0.4 is 10.5 Å². The van der Waals surface area contributed by atoms with Gasteiger partial charge in [0.15, 0.2) is 5.75 Å². The number of terminal acetylenes is 1. The largest absolute Gasteiger partial charge is 0.487 e. The van der Waals surface area contributed by atoms with Crippen molar-refractivity contribution in [1.29, 1.82) is 0 Å². The molecule has 0 aliphatic heterocycles.